The molecule has 4 aromatic heterocycles. The summed E-state index contributed by atoms with van der Waals surface area (Å²) in [7, 11) is 12.0. The first-order chi connectivity index (χ1) is 51.5. The second-order valence-electron chi connectivity index (χ2n) is 28.8. The van der Waals surface area contributed by atoms with Gasteiger partial charge in [0.15, 0.2) is 11.6 Å². The van der Waals surface area contributed by atoms with Crippen molar-refractivity contribution in [1.82, 2.24) is 54.2 Å². The fourth-order valence-electron chi connectivity index (χ4n) is 16.3. The number of nitrogens with two attached hydrogens (primary N) is 1. The van der Waals surface area contributed by atoms with E-state index in [1.807, 2.05) is 29.2 Å². The van der Waals surface area contributed by atoms with Gasteiger partial charge in [0.2, 0.25) is 11.9 Å². The maximum Gasteiger partial charge on any atom is 0.261 e. The number of hydrogen-bond acceptors (Lipinski definition) is 19. The molecular weight excluding hydrogens is 1330 g/mol. The topological polar surface area (TPSA) is 240 Å². The van der Waals surface area contributed by atoms with Crippen molar-refractivity contribution in [3.05, 3.63) is 188 Å². The number of anilines is 6. The normalized spacial score (nSPS) is 15.1. The summed E-state index contributed by atoms with van der Waals surface area (Å²) in [4.78, 5) is 85.7. The van der Waals surface area contributed by atoms with Crippen LogP contribution >= 0.6 is 0 Å². The Balaban J connectivity index is 0.000000191. The molecule has 5 aromatic carbocycles. The number of aryl methyl sites for hydroxylation is 6. The van der Waals surface area contributed by atoms with Gasteiger partial charge in [-0.25, -0.2) is 19.9 Å². The highest BCUT2D eigenvalue weighted by Crippen LogP contribution is 2.41. The molecule has 554 valence electrons. The minimum atomic E-state index is -0.328. The molecule has 7 heterocycles. The van der Waals surface area contributed by atoms with Gasteiger partial charge in [-0.05, 0) is 199 Å². The summed E-state index contributed by atoms with van der Waals surface area (Å²) in [6.07, 6.45) is 16.8. The largest absolute Gasteiger partial charge is 0.494 e. The van der Waals surface area contributed by atoms with Crippen molar-refractivity contribution in [2.45, 2.75) is 156 Å². The molecule has 0 spiro atoms. The maximum atomic E-state index is 14.5. The SMILES string of the molecule is CCc1cccc(CC)c1CC(=O)c1nn(CCN)c2c1CCCc1cnc(Nc3ccc(N4CCC(N(C)C)CC4)cc3OC)nc1-2.CCc1cccc(CC)c1CC(=O)c1nn(CCN2C(=O)c3ccccc3C2=O)c2c1CCCc1cnc(Nc3ccc(N4CCC(N(C)C)CC4)cc3OC)nc1-2. The average molecular weight is 1430 g/mol. The number of nitrogens with one attached hydrogen (secondary N) is 2. The van der Waals surface area contributed by atoms with E-state index in [-0.39, 0.29) is 42.9 Å². The van der Waals surface area contributed by atoms with Crippen LogP contribution in [0.3, 0.4) is 0 Å². The Morgan fingerprint density at radius 3 is 1.31 bits per heavy atom. The highest BCUT2D eigenvalue weighted by molar-refractivity contribution is 6.21. The van der Waals surface area contributed by atoms with Gasteiger partial charge in [-0.2, -0.15) is 10.2 Å². The number of Topliss-reactive ketones (excluding diaryl/α,β-unsaturated/α-hetero) is 2. The Bertz CT molecular complexity index is 4630. The van der Waals surface area contributed by atoms with Crippen molar-refractivity contribution in [3.8, 4) is 34.3 Å². The number of aromatic nitrogens is 8. The standard InChI is InChI=1S/C46H52N8O4.C38H50N8O2/c1-6-29-12-10-13-30(7-2)37(29)27-39(55)42-36-17-11-14-31-28-47-46(48-38-19-18-33(26-40(38)58-5)52-22-20-32(21-23-52)51(3)4)49-41(31)43(36)54(50-42)25-24-53-44(56)34-15-8-9-16-35(34)45(53)57;1-6-25-10-8-11-26(7-2)31(25)23-33(47)36-30-13-9-12-27-24-40-38(42-35(27)37(30)46(43-36)21-18-39)41-32-15-14-29(22-34(32)48-5)45-19-16-28(17-20-45)44(3)4/h8-10,12-13,15-16,18-19,26,28,32H,6-7,11,14,17,20-25,27H2,1-5H3,(H,47,48,49);8,10-11,14-15,22,24,28H,6-7,9,12-13,16-21,23,39H2,1-5H3,(H,40,41,42). The summed E-state index contributed by atoms with van der Waals surface area (Å²) in [5.41, 5.74) is 25.5. The molecule has 106 heavy (non-hydrogen) atoms. The molecule has 0 atom stereocenters. The van der Waals surface area contributed by atoms with Crippen LogP contribution in [0.4, 0.5) is 34.6 Å². The van der Waals surface area contributed by atoms with Crippen molar-refractivity contribution in [2.75, 3.05) is 102 Å². The summed E-state index contributed by atoms with van der Waals surface area (Å²) in [6, 6.07) is 33.2. The van der Waals surface area contributed by atoms with E-state index in [9.17, 15) is 19.2 Å². The van der Waals surface area contributed by atoms with Crippen molar-refractivity contribution >= 4 is 58.0 Å². The molecule has 2 saturated heterocycles. The summed E-state index contributed by atoms with van der Waals surface area (Å²) < 4.78 is 15.4. The highest BCUT2D eigenvalue weighted by atomic mass is 16.5. The summed E-state index contributed by atoms with van der Waals surface area (Å²) >= 11 is 0. The van der Waals surface area contributed by atoms with Crippen molar-refractivity contribution < 1.29 is 28.7 Å². The zero-order chi connectivity index (χ0) is 74.3. The van der Waals surface area contributed by atoms with Crippen molar-refractivity contribution in [2.24, 2.45) is 5.73 Å². The number of nitrogens with zero attached hydrogens (tertiary/aromatic N) is 13. The number of imide groups is 1. The minimum Gasteiger partial charge on any atom is -0.494 e. The van der Waals surface area contributed by atoms with Gasteiger partial charge in [0, 0.05) is 111 Å². The average Bonchev–Trinajstić information content (AvgIpc) is 1.61. The van der Waals surface area contributed by atoms with Crippen LogP contribution in [0.25, 0.3) is 22.8 Å². The molecule has 14 rings (SSSR count). The summed E-state index contributed by atoms with van der Waals surface area (Å²) in [5.74, 6) is 1.61. The van der Waals surface area contributed by atoms with Crippen molar-refractivity contribution in [3.63, 3.8) is 0 Å². The van der Waals surface area contributed by atoms with Crippen LogP contribution in [0.1, 0.15) is 164 Å². The zero-order valence-corrected chi connectivity index (χ0v) is 63.4. The number of ketones is 2. The number of ether oxygens (including phenoxy) is 2. The van der Waals surface area contributed by atoms with Crippen LogP contribution in [0.15, 0.2) is 109 Å². The first-order valence-electron chi connectivity index (χ1n) is 38.1. The van der Waals surface area contributed by atoms with E-state index in [4.69, 9.17) is 45.3 Å². The number of carbonyl (C=O) groups is 4. The van der Waals surface area contributed by atoms with Gasteiger partial charge in [0.1, 0.15) is 22.9 Å². The molecule has 0 bridgehead atoms. The van der Waals surface area contributed by atoms with Crippen LogP contribution in [0.5, 0.6) is 11.5 Å². The molecule has 5 aliphatic rings. The summed E-state index contributed by atoms with van der Waals surface area (Å²) in [6.45, 7) is 13.7. The lowest BCUT2D eigenvalue weighted by Crippen LogP contribution is -2.41. The number of rotatable bonds is 25. The molecule has 22 heteroatoms. The molecule has 2 aliphatic carbocycles. The first kappa shape index (κ1) is 74.1. The van der Waals surface area contributed by atoms with Gasteiger partial charge >= 0.3 is 0 Å². The van der Waals surface area contributed by atoms with E-state index >= 15 is 0 Å². The van der Waals surface area contributed by atoms with Crippen LogP contribution < -0.4 is 35.6 Å². The second-order valence-corrected chi connectivity index (χ2v) is 28.8. The Hall–Kier alpha value is -10.2. The number of amides is 2. The lowest BCUT2D eigenvalue weighted by atomic mass is 9.92. The third-order valence-corrected chi connectivity index (χ3v) is 22.2. The molecular formula is C84H102N16O6. The predicted molar refractivity (Wildman–Crippen MR) is 418 cm³/mol. The smallest absolute Gasteiger partial charge is 0.261 e. The molecule has 4 N–H and O–H groups in total. The molecule has 0 saturated carbocycles. The number of methoxy groups -OCH3 is 2. The lowest BCUT2D eigenvalue weighted by molar-refractivity contribution is 0.0646. The Morgan fingerprint density at radius 1 is 0.528 bits per heavy atom. The summed E-state index contributed by atoms with van der Waals surface area (Å²) in [5, 5.41) is 16.8. The Labute approximate surface area is 623 Å². The van der Waals surface area contributed by atoms with Gasteiger partial charge in [-0.15, -0.1) is 0 Å². The van der Waals surface area contributed by atoms with Gasteiger partial charge in [-0.3, -0.25) is 33.4 Å². The van der Waals surface area contributed by atoms with Crippen molar-refractivity contribution in [1.29, 1.82) is 0 Å². The fraction of sp³-hybridized carbons (Fsp3) is 0.429. The number of fused-ring (bicyclic) bond motifs is 7. The molecule has 22 nitrogen and oxygen atoms in total. The third kappa shape index (κ3) is 15.4. The second kappa shape index (κ2) is 33.1. The number of piperidine rings is 2. The maximum absolute atomic E-state index is 14.5. The third-order valence-electron chi connectivity index (χ3n) is 22.2. The van der Waals surface area contributed by atoms with Gasteiger partial charge in [-0.1, -0.05) is 76.2 Å². The van der Waals surface area contributed by atoms with Crippen LogP contribution in [0.2, 0.25) is 0 Å². The van der Waals surface area contributed by atoms with Gasteiger partial charge in [0.05, 0.1) is 72.6 Å². The zero-order valence-electron chi connectivity index (χ0n) is 63.4. The quantitative estimate of drug-likeness (QED) is 0.0356. The van der Waals surface area contributed by atoms with Crippen LogP contribution in [-0.4, -0.2) is 171 Å². The highest BCUT2D eigenvalue weighted by Gasteiger charge is 2.37. The fourth-order valence-corrected chi connectivity index (χ4v) is 16.3. The van der Waals surface area contributed by atoms with Crippen LogP contribution in [-0.2, 0) is 77.3 Å². The van der Waals surface area contributed by atoms with E-state index in [0.717, 1.165) is 200 Å². The number of benzene rings is 5. The lowest BCUT2D eigenvalue weighted by Gasteiger charge is -2.36. The molecule has 2 fully saturated rings. The molecule has 9 aromatic rings. The predicted octanol–water partition coefficient (Wildman–Crippen LogP) is 12.6. The Morgan fingerprint density at radius 2 is 0.934 bits per heavy atom. The van der Waals surface area contributed by atoms with Gasteiger partial charge < -0.3 is 45.4 Å². The number of carbonyl (C=O) groups excluding carboxylic acids is 4. The van der Waals surface area contributed by atoms with Gasteiger partial charge in [0.25, 0.3) is 11.8 Å². The molecule has 0 radical (unpaired) electrons. The Kier molecular flexibility index (Phi) is 23.1. The first-order valence-corrected chi connectivity index (χ1v) is 38.1. The van der Waals surface area contributed by atoms with E-state index < -0.39 is 0 Å². The van der Waals surface area contributed by atoms with E-state index in [1.165, 1.54) is 16.0 Å². The van der Waals surface area contributed by atoms with Crippen LogP contribution in [0, 0.1) is 0 Å². The van der Waals surface area contributed by atoms with E-state index in [1.54, 1.807) is 43.2 Å². The van der Waals surface area contributed by atoms with E-state index in [0.29, 0.717) is 83.9 Å². The molecule has 2 amide bonds. The monoisotopic (exact) mass is 1430 g/mol. The molecule has 0 unspecified atom stereocenters. The van der Waals surface area contributed by atoms with E-state index in [2.05, 4.69) is 147 Å². The number of hydrogen-bond donors (Lipinski definition) is 3. The minimum absolute atomic E-state index is 0.0456. The molecule has 3 aliphatic heterocycles.